The molecule has 2 aromatic heterocycles. The summed E-state index contributed by atoms with van der Waals surface area (Å²) < 4.78 is 1.97. The maximum absolute atomic E-state index is 11.3. The van der Waals surface area contributed by atoms with Crippen LogP contribution in [0, 0.1) is 6.92 Å². The highest BCUT2D eigenvalue weighted by molar-refractivity contribution is 5.85. The van der Waals surface area contributed by atoms with E-state index in [1.54, 1.807) is 7.05 Å². The second kappa shape index (κ2) is 6.37. The number of likely N-dealkylation sites (N-methyl/N-ethyl adjacent to an activating group) is 1. The lowest BCUT2D eigenvalue weighted by atomic mass is 10.3. The first kappa shape index (κ1) is 14.5. The van der Waals surface area contributed by atoms with Crippen molar-refractivity contribution in [1.82, 2.24) is 20.0 Å². The van der Waals surface area contributed by atoms with Gasteiger partial charge in [0, 0.05) is 12.4 Å². The number of carbonyl (C=O) groups is 1. The first-order chi connectivity index (χ1) is 8.20. The summed E-state index contributed by atoms with van der Waals surface area (Å²) in [6.07, 6.45) is 3.89. The number of nitrogens with zero attached hydrogens (tertiary/aromatic N) is 2. The Bertz CT molecular complexity index is 538. The average Bonchev–Trinajstić information content (AvgIpc) is 2.71. The highest BCUT2D eigenvalue weighted by atomic mass is 35.5. The molecule has 0 radical (unpaired) electrons. The Morgan fingerprint density at radius 3 is 2.94 bits per heavy atom. The van der Waals surface area contributed by atoms with E-state index in [2.05, 4.69) is 15.6 Å². The third kappa shape index (κ3) is 3.21. The Hall–Kier alpha value is -1.59. The minimum Gasteiger partial charge on any atom is -0.349 e. The van der Waals surface area contributed by atoms with Gasteiger partial charge in [0.05, 0.1) is 18.8 Å². The van der Waals surface area contributed by atoms with Gasteiger partial charge in [0.25, 0.3) is 0 Å². The van der Waals surface area contributed by atoms with Gasteiger partial charge < -0.3 is 15.0 Å². The topological polar surface area (TPSA) is 58.4 Å². The number of nitrogens with one attached hydrogen (secondary N) is 2. The Balaban J connectivity index is 0.00000162. The van der Waals surface area contributed by atoms with E-state index in [1.165, 1.54) is 0 Å². The van der Waals surface area contributed by atoms with E-state index in [-0.39, 0.29) is 18.3 Å². The summed E-state index contributed by atoms with van der Waals surface area (Å²) in [5.41, 5.74) is 2.93. The highest BCUT2D eigenvalue weighted by Gasteiger charge is 2.05. The number of halogens is 1. The molecule has 2 N–H and O–H groups in total. The van der Waals surface area contributed by atoms with Gasteiger partial charge in [-0.3, -0.25) is 4.79 Å². The number of fused-ring (bicyclic) bond motifs is 1. The van der Waals surface area contributed by atoms with Gasteiger partial charge in [-0.2, -0.15) is 0 Å². The van der Waals surface area contributed by atoms with Crippen molar-refractivity contribution in [2.75, 3.05) is 13.6 Å². The predicted molar refractivity (Wildman–Crippen MR) is 73.0 cm³/mol. The molecular formula is C12H17ClN4O. The van der Waals surface area contributed by atoms with Crippen molar-refractivity contribution in [3.05, 3.63) is 35.8 Å². The normalized spacial score (nSPS) is 10.1. The number of aryl methyl sites for hydroxylation is 1. The standard InChI is InChI=1S/C12H16N4O.ClH/c1-9-4-3-5-16-8-10(15-12(9)16)6-14-11(17)7-13-2;/h3-5,8,13H,6-7H2,1-2H3,(H,14,17);1H. The lowest BCUT2D eigenvalue weighted by Crippen LogP contribution is -2.31. The minimum atomic E-state index is -0.0266. The van der Waals surface area contributed by atoms with Gasteiger partial charge in [-0.15, -0.1) is 12.4 Å². The van der Waals surface area contributed by atoms with Crippen molar-refractivity contribution in [1.29, 1.82) is 0 Å². The fourth-order valence-electron chi connectivity index (χ4n) is 1.70. The van der Waals surface area contributed by atoms with Crippen molar-refractivity contribution in [3.8, 4) is 0 Å². The summed E-state index contributed by atoms with van der Waals surface area (Å²) in [4.78, 5) is 15.8. The Labute approximate surface area is 112 Å². The van der Waals surface area contributed by atoms with Crippen LogP contribution in [-0.2, 0) is 11.3 Å². The molecule has 2 heterocycles. The first-order valence-electron chi connectivity index (χ1n) is 5.55. The molecule has 0 spiro atoms. The van der Waals surface area contributed by atoms with Crippen LogP contribution in [0.5, 0.6) is 0 Å². The molecule has 0 saturated carbocycles. The zero-order valence-corrected chi connectivity index (χ0v) is 11.3. The Morgan fingerprint density at radius 2 is 2.28 bits per heavy atom. The molecule has 6 heteroatoms. The van der Waals surface area contributed by atoms with Gasteiger partial charge in [-0.1, -0.05) is 6.07 Å². The van der Waals surface area contributed by atoms with E-state index >= 15 is 0 Å². The number of imidazole rings is 1. The van der Waals surface area contributed by atoms with Crippen LogP contribution >= 0.6 is 12.4 Å². The van der Waals surface area contributed by atoms with E-state index in [4.69, 9.17) is 0 Å². The number of carbonyl (C=O) groups excluding carboxylic acids is 1. The molecule has 5 nitrogen and oxygen atoms in total. The Kier molecular flexibility index (Phi) is 5.12. The second-order valence-electron chi connectivity index (χ2n) is 3.96. The van der Waals surface area contributed by atoms with Gasteiger partial charge >= 0.3 is 0 Å². The van der Waals surface area contributed by atoms with E-state index in [0.717, 1.165) is 16.9 Å². The van der Waals surface area contributed by atoms with Gasteiger partial charge in [0.1, 0.15) is 5.65 Å². The van der Waals surface area contributed by atoms with Crippen LogP contribution in [0.25, 0.3) is 5.65 Å². The zero-order valence-electron chi connectivity index (χ0n) is 10.4. The number of hydrogen-bond donors (Lipinski definition) is 2. The first-order valence-corrected chi connectivity index (χ1v) is 5.55. The molecule has 1 amide bonds. The highest BCUT2D eigenvalue weighted by Crippen LogP contribution is 2.09. The summed E-state index contributed by atoms with van der Waals surface area (Å²) >= 11 is 0. The molecule has 2 aromatic rings. The molecular weight excluding hydrogens is 252 g/mol. The van der Waals surface area contributed by atoms with Crippen molar-refractivity contribution in [2.24, 2.45) is 0 Å². The van der Waals surface area contributed by atoms with Gasteiger partial charge in [0.2, 0.25) is 5.91 Å². The van der Waals surface area contributed by atoms with Gasteiger partial charge in [-0.05, 0) is 25.6 Å². The number of amides is 1. The van der Waals surface area contributed by atoms with Crippen molar-refractivity contribution in [3.63, 3.8) is 0 Å². The summed E-state index contributed by atoms with van der Waals surface area (Å²) in [5, 5.41) is 5.60. The predicted octanol–water partition coefficient (Wildman–Crippen LogP) is 0.900. The van der Waals surface area contributed by atoms with E-state index in [0.29, 0.717) is 13.1 Å². The number of pyridine rings is 1. The van der Waals surface area contributed by atoms with Crippen molar-refractivity contribution >= 4 is 24.0 Å². The van der Waals surface area contributed by atoms with Crippen LogP contribution in [0.1, 0.15) is 11.3 Å². The molecule has 18 heavy (non-hydrogen) atoms. The fraction of sp³-hybridized carbons (Fsp3) is 0.333. The molecule has 0 saturated heterocycles. The molecule has 0 atom stereocenters. The molecule has 0 aliphatic carbocycles. The van der Waals surface area contributed by atoms with Crippen LogP contribution in [0.15, 0.2) is 24.5 Å². The maximum Gasteiger partial charge on any atom is 0.234 e. The summed E-state index contributed by atoms with van der Waals surface area (Å²) in [6.45, 7) is 2.81. The van der Waals surface area contributed by atoms with Crippen LogP contribution in [-0.4, -0.2) is 28.9 Å². The molecule has 0 aliphatic rings. The fourth-order valence-corrected chi connectivity index (χ4v) is 1.70. The van der Waals surface area contributed by atoms with Crippen molar-refractivity contribution < 1.29 is 4.79 Å². The lowest BCUT2D eigenvalue weighted by molar-refractivity contribution is -0.120. The smallest absolute Gasteiger partial charge is 0.234 e. The minimum absolute atomic E-state index is 0. The number of rotatable bonds is 4. The molecule has 0 aromatic carbocycles. The van der Waals surface area contributed by atoms with Crippen LogP contribution in [0.4, 0.5) is 0 Å². The summed E-state index contributed by atoms with van der Waals surface area (Å²) in [5.74, 6) is -0.0266. The Morgan fingerprint density at radius 1 is 1.50 bits per heavy atom. The monoisotopic (exact) mass is 268 g/mol. The van der Waals surface area contributed by atoms with E-state index < -0.39 is 0 Å². The number of hydrogen-bond acceptors (Lipinski definition) is 3. The molecule has 2 rings (SSSR count). The molecule has 0 unspecified atom stereocenters. The largest absolute Gasteiger partial charge is 0.349 e. The average molecular weight is 269 g/mol. The summed E-state index contributed by atoms with van der Waals surface area (Å²) in [6, 6.07) is 4.00. The third-order valence-corrected chi connectivity index (χ3v) is 2.53. The molecule has 0 bridgehead atoms. The van der Waals surface area contributed by atoms with E-state index in [9.17, 15) is 4.79 Å². The maximum atomic E-state index is 11.3. The summed E-state index contributed by atoms with van der Waals surface area (Å²) in [7, 11) is 1.74. The molecule has 0 aliphatic heterocycles. The zero-order chi connectivity index (χ0) is 12.3. The van der Waals surface area contributed by atoms with Gasteiger partial charge in [0.15, 0.2) is 0 Å². The second-order valence-corrected chi connectivity index (χ2v) is 3.96. The quantitative estimate of drug-likeness (QED) is 0.866. The van der Waals surface area contributed by atoms with Gasteiger partial charge in [-0.25, -0.2) is 4.98 Å². The van der Waals surface area contributed by atoms with E-state index in [1.807, 2.05) is 35.9 Å². The van der Waals surface area contributed by atoms with Crippen molar-refractivity contribution in [2.45, 2.75) is 13.5 Å². The van der Waals surface area contributed by atoms with Crippen LogP contribution < -0.4 is 10.6 Å². The third-order valence-electron chi connectivity index (χ3n) is 2.53. The molecule has 98 valence electrons. The SMILES string of the molecule is CNCC(=O)NCc1cn2cccc(C)c2n1.Cl. The van der Waals surface area contributed by atoms with Crippen LogP contribution in [0.3, 0.4) is 0 Å². The van der Waals surface area contributed by atoms with Crippen LogP contribution in [0.2, 0.25) is 0 Å². The lowest BCUT2D eigenvalue weighted by Gasteiger charge is -2.01. The molecule has 0 fully saturated rings. The number of aromatic nitrogens is 2.